The molecule has 1 amide bonds. The van der Waals surface area contributed by atoms with Crippen molar-refractivity contribution in [3.63, 3.8) is 0 Å². The molecular weight excluding hydrogens is 580 g/mol. The molecular formula is C29H33F2N7O4S. The van der Waals surface area contributed by atoms with Gasteiger partial charge in [0.2, 0.25) is 11.9 Å². The second-order valence-corrected chi connectivity index (χ2v) is 12.6. The van der Waals surface area contributed by atoms with Crippen LogP contribution in [0.4, 0.5) is 26.1 Å². The highest BCUT2D eigenvalue weighted by Gasteiger charge is 2.33. The number of piperazine rings is 1. The zero-order valence-corrected chi connectivity index (χ0v) is 25.0. The predicted molar refractivity (Wildman–Crippen MR) is 160 cm³/mol. The number of amides is 1. The smallest absolute Gasteiger partial charge is 0.244 e. The lowest BCUT2D eigenvalue weighted by Gasteiger charge is -2.41. The molecule has 11 nitrogen and oxygen atoms in total. The number of halogens is 2. The number of nitrogens with zero attached hydrogens (tertiary/aromatic N) is 4. The van der Waals surface area contributed by atoms with E-state index in [1.807, 2.05) is 0 Å². The monoisotopic (exact) mass is 613 g/mol. The number of carbonyl (C=O) groups is 1. The zero-order chi connectivity index (χ0) is 30.9. The quantitative estimate of drug-likeness (QED) is 0.259. The van der Waals surface area contributed by atoms with Gasteiger partial charge < -0.3 is 25.3 Å². The molecule has 43 heavy (non-hydrogen) atoms. The number of sulfone groups is 1. The van der Waals surface area contributed by atoms with Crippen molar-refractivity contribution in [3.05, 3.63) is 60.4 Å². The molecule has 0 unspecified atom stereocenters. The van der Waals surface area contributed by atoms with E-state index in [1.165, 1.54) is 12.1 Å². The van der Waals surface area contributed by atoms with Crippen molar-refractivity contribution in [2.45, 2.75) is 23.9 Å². The Labute approximate surface area is 248 Å². The molecule has 5 rings (SSSR count). The third-order valence-electron chi connectivity index (χ3n) is 7.49. The maximum Gasteiger partial charge on any atom is 0.244 e. The van der Waals surface area contributed by atoms with E-state index in [9.17, 15) is 17.6 Å². The first-order chi connectivity index (χ1) is 20.5. The van der Waals surface area contributed by atoms with Crippen molar-refractivity contribution < 1.29 is 26.7 Å². The second-order valence-electron chi connectivity index (χ2n) is 10.6. The lowest BCUT2D eigenvalue weighted by atomic mass is 10.1. The third-order valence-corrected chi connectivity index (χ3v) is 8.61. The summed E-state index contributed by atoms with van der Waals surface area (Å²) < 4.78 is 59.2. The van der Waals surface area contributed by atoms with Crippen LogP contribution in [0.5, 0.6) is 0 Å². The molecule has 14 heteroatoms. The number of nitrogens with one attached hydrogen (secondary N) is 3. The first kappa shape index (κ1) is 30.5. The average Bonchev–Trinajstić information content (AvgIpc) is 3.38. The summed E-state index contributed by atoms with van der Waals surface area (Å²) in [6, 6.07) is 8.76. The maximum atomic E-state index is 15.1. The van der Waals surface area contributed by atoms with Gasteiger partial charge in [-0.2, -0.15) is 0 Å². The van der Waals surface area contributed by atoms with Crippen LogP contribution in [-0.4, -0.2) is 97.8 Å². The number of fused-ring (bicyclic) bond motifs is 1. The minimum atomic E-state index is -3.82. The molecule has 0 saturated carbocycles. The molecule has 1 aliphatic heterocycles. The van der Waals surface area contributed by atoms with E-state index in [4.69, 9.17) is 4.74 Å². The van der Waals surface area contributed by atoms with Gasteiger partial charge in [-0.1, -0.05) is 18.2 Å². The third kappa shape index (κ3) is 6.37. The molecule has 0 bridgehead atoms. The van der Waals surface area contributed by atoms with Crippen molar-refractivity contribution in [1.82, 2.24) is 24.8 Å². The predicted octanol–water partition coefficient (Wildman–Crippen LogP) is 3.64. The Morgan fingerprint density at radius 2 is 1.93 bits per heavy atom. The van der Waals surface area contributed by atoms with Crippen LogP contribution in [0.15, 0.2) is 53.7 Å². The fourth-order valence-electron chi connectivity index (χ4n) is 5.40. The summed E-state index contributed by atoms with van der Waals surface area (Å²) in [5, 5.41) is 6.24. The number of rotatable bonds is 9. The Morgan fingerprint density at radius 3 is 2.65 bits per heavy atom. The van der Waals surface area contributed by atoms with Gasteiger partial charge in [-0.15, -0.1) is 0 Å². The molecule has 3 N–H and O–H groups in total. The van der Waals surface area contributed by atoms with Crippen LogP contribution in [0.25, 0.3) is 22.2 Å². The summed E-state index contributed by atoms with van der Waals surface area (Å²) >= 11 is 0. The summed E-state index contributed by atoms with van der Waals surface area (Å²) in [6.45, 7) is 4.70. The Kier molecular flexibility index (Phi) is 8.74. The number of hydrogen-bond donors (Lipinski definition) is 3. The molecule has 228 valence electrons. The van der Waals surface area contributed by atoms with Gasteiger partial charge in [-0.3, -0.25) is 9.69 Å². The van der Waals surface area contributed by atoms with Crippen molar-refractivity contribution >= 4 is 44.0 Å². The fourth-order valence-corrected chi connectivity index (χ4v) is 6.16. The van der Waals surface area contributed by atoms with Crippen LogP contribution >= 0.6 is 0 Å². The lowest BCUT2D eigenvalue weighted by molar-refractivity contribution is -0.125. The van der Waals surface area contributed by atoms with Gasteiger partial charge in [0.1, 0.15) is 16.6 Å². The Morgan fingerprint density at radius 1 is 1.19 bits per heavy atom. The average molecular weight is 614 g/mol. The molecule has 0 aliphatic carbocycles. The lowest BCUT2D eigenvalue weighted by Crippen LogP contribution is -2.58. The van der Waals surface area contributed by atoms with Gasteiger partial charge in [0, 0.05) is 56.2 Å². The van der Waals surface area contributed by atoms with E-state index < -0.39 is 32.4 Å². The standard InChI is InChI=1S/C29H33F2N7O4S/c1-17-15-37(2)11-12-38(17)23(16-42-3)28(39)34-22-9-5-7-18-19(13-32-27(18)22)26-20(30)14-33-29(36-26)35-21-8-6-10-24(25(21)31)43(4,40)41/h5-10,13-14,17,23,32H,11-12,15-16H2,1-4H3,(H,34,39)(H,33,35,36)/t17-,23-/m1/s1. The molecule has 2 aromatic carbocycles. The fraction of sp³-hybridized carbons (Fsp3) is 0.345. The van der Waals surface area contributed by atoms with E-state index in [0.29, 0.717) is 22.2 Å². The van der Waals surface area contributed by atoms with Crippen LogP contribution in [-0.2, 0) is 19.4 Å². The number of aromatic nitrogens is 3. The van der Waals surface area contributed by atoms with Crippen LogP contribution < -0.4 is 10.6 Å². The molecule has 4 aromatic rings. The largest absolute Gasteiger partial charge is 0.383 e. The number of ether oxygens (including phenoxy) is 1. The van der Waals surface area contributed by atoms with Crippen molar-refractivity contribution in [2.75, 3.05) is 57.3 Å². The topological polar surface area (TPSA) is 133 Å². The molecule has 0 radical (unpaired) electrons. The highest BCUT2D eigenvalue weighted by molar-refractivity contribution is 7.90. The highest BCUT2D eigenvalue weighted by atomic mass is 32.2. The van der Waals surface area contributed by atoms with Crippen molar-refractivity contribution in [2.24, 2.45) is 0 Å². The molecule has 2 atom stereocenters. The molecule has 3 heterocycles. The SMILES string of the molecule is COC[C@H](C(=O)Nc1cccc2c(-c3nc(Nc4cccc(S(C)(=O)=O)c4F)ncc3F)c[nH]c12)N1CCN(C)C[C@H]1C. The van der Waals surface area contributed by atoms with Crippen molar-refractivity contribution in [1.29, 1.82) is 0 Å². The summed E-state index contributed by atoms with van der Waals surface area (Å²) in [6.07, 6.45) is 3.41. The van der Waals surface area contributed by atoms with Gasteiger partial charge in [-0.25, -0.2) is 27.2 Å². The van der Waals surface area contributed by atoms with E-state index >= 15 is 4.39 Å². The number of carbonyl (C=O) groups excluding carboxylic acids is 1. The highest BCUT2D eigenvalue weighted by Crippen LogP contribution is 2.34. The first-order valence-corrected chi connectivity index (χ1v) is 15.5. The van der Waals surface area contributed by atoms with Crippen LogP contribution in [0, 0.1) is 11.6 Å². The Bertz CT molecular complexity index is 1770. The van der Waals surface area contributed by atoms with Crippen LogP contribution in [0.1, 0.15) is 6.92 Å². The number of benzene rings is 2. The Balaban J connectivity index is 1.44. The van der Waals surface area contributed by atoms with Crippen molar-refractivity contribution in [3.8, 4) is 11.3 Å². The minimum Gasteiger partial charge on any atom is -0.383 e. The first-order valence-electron chi connectivity index (χ1n) is 13.6. The number of aromatic amines is 1. The summed E-state index contributed by atoms with van der Waals surface area (Å²) in [5.41, 5.74) is 1.21. The van der Waals surface area contributed by atoms with Gasteiger partial charge in [0.25, 0.3) is 0 Å². The molecule has 0 spiro atoms. The maximum absolute atomic E-state index is 15.1. The molecule has 1 saturated heterocycles. The summed E-state index contributed by atoms with van der Waals surface area (Å²) in [7, 11) is -0.200. The van der Waals surface area contributed by atoms with Gasteiger partial charge in [0.05, 0.1) is 29.7 Å². The number of anilines is 3. The molecule has 2 aromatic heterocycles. The normalized spacial score (nSPS) is 17.2. The molecule has 1 fully saturated rings. The summed E-state index contributed by atoms with van der Waals surface area (Å²) in [5.74, 6) is -2.08. The summed E-state index contributed by atoms with van der Waals surface area (Å²) in [4.78, 5) is 28.7. The van der Waals surface area contributed by atoms with Gasteiger partial charge in [0.15, 0.2) is 21.5 Å². The number of para-hydroxylation sites is 1. The van der Waals surface area contributed by atoms with E-state index in [1.54, 1.807) is 31.5 Å². The van der Waals surface area contributed by atoms with Gasteiger partial charge in [-0.05, 0) is 32.2 Å². The van der Waals surface area contributed by atoms with E-state index in [2.05, 4.69) is 49.4 Å². The number of H-pyrrole nitrogens is 1. The van der Waals surface area contributed by atoms with E-state index in [0.717, 1.165) is 38.2 Å². The Hall–Kier alpha value is -3.98. The van der Waals surface area contributed by atoms with Crippen LogP contribution in [0.3, 0.4) is 0 Å². The number of hydrogen-bond acceptors (Lipinski definition) is 9. The van der Waals surface area contributed by atoms with Gasteiger partial charge >= 0.3 is 0 Å². The second kappa shape index (κ2) is 12.3. The van der Waals surface area contributed by atoms with Crippen LogP contribution in [0.2, 0.25) is 0 Å². The number of likely N-dealkylation sites (N-methyl/N-ethyl adjacent to an activating group) is 1. The molecule has 1 aliphatic rings. The minimum absolute atomic E-state index is 0.0737. The zero-order valence-electron chi connectivity index (χ0n) is 24.2. The van der Waals surface area contributed by atoms with E-state index in [-0.39, 0.29) is 35.9 Å². The number of methoxy groups -OCH3 is 1.